The largest absolute Gasteiger partial charge is 0.492 e. The summed E-state index contributed by atoms with van der Waals surface area (Å²) in [5.41, 5.74) is 6.91. The number of amides is 1. The molecule has 0 aromatic heterocycles. The summed E-state index contributed by atoms with van der Waals surface area (Å²) in [4.78, 5) is 17.0. The molecule has 1 aromatic rings. The van der Waals surface area contributed by atoms with Crippen molar-refractivity contribution in [3.05, 3.63) is 29.8 Å². The molecule has 1 aliphatic heterocycles. The van der Waals surface area contributed by atoms with E-state index in [1.54, 1.807) is 0 Å². The predicted octanol–water partition coefficient (Wildman–Crippen LogP) is 2.22. The van der Waals surface area contributed by atoms with E-state index in [1.165, 1.54) is 0 Å². The van der Waals surface area contributed by atoms with Crippen LogP contribution in [0, 0.1) is 11.8 Å². The number of benzene rings is 1. The smallest absolute Gasteiger partial charge is 0.253 e. The summed E-state index contributed by atoms with van der Waals surface area (Å²) >= 11 is 0. The molecule has 138 valence electrons. The van der Waals surface area contributed by atoms with Crippen molar-refractivity contribution in [2.45, 2.75) is 32.7 Å². The van der Waals surface area contributed by atoms with Crippen LogP contribution < -0.4 is 10.5 Å². The SMILES string of the molecule is CCN(CC)CCOc1ccc(C(=O)N2CC3CCC(N)C3C2)cc1. The summed E-state index contributed by atoms with van der Waals surface area (Å²) in [6, 6.07) is 7.83. The van der Waals surface area contributed by atoms with E-state index < -0.39 is 0 Å². The molecule has 0 bridgehead atoms. The van der Waals surface area contributed by atoms with Gasteiger partial charge in [-0.15, -0.1) is 0 Å². The Morgan fingerprint density at radius 2 is 1.92 bits per heavy atom. The number of rotatable bonds is 7. The summed E-state index contributed by atoms with van der Waals surface area (Å²) in [5.74, 6) is 2.04. The Kier molecular flexibility index (Phi) is 5.97. The first kappa shape index (κ1) is 18.2. The molecule has 1 saturated carbocycles. The van der Waals surface area contributed by atoms with E-state index in [9.17, 15) is 4.79 Å². The average Bonchev–Trinajstić information content (AvgIpc) is 3.21. The number of nitrogens with zero attached hydrogens (tertiary/aromatic N) is 2. The number of likely N-dealkylation sites (N-methyl/N-ethyl adjacent to an activating group) is 1. The third-order valence-electron chi connectivity index (χ3n) is 5.87. The zero-order chi connectivity index (χ0) is 17.8. The topological polar surface area (TPSA) is 58.8 Å². The fraction of sp³-hybridized carbons (Fsp3) is 0.650. The number of carbonyl (C=O) groups is 1. The molecular formula is C20H31N3O2. The van der Waals surface area contributed by atoms with Gasteiger partial charge in [0.15, 0.2) is 0 Å². The number of likely N-dealkylation sites (tertiary alicyclic amines) is 1. The Labute approximate surface area is 151 Å². The summed E-state index contributed by atoms with van der Waals surface area (Å²) < 4.78 is 5.79. The van der Waals surface area contributed by atoms with Gasteiger partial charge >= 0.3 is 0 Å². The Balaban J connectivity index is 1.51. The molecule has 5 heteroatoms. The van der Waals surface area contributed by atoms with Crippen LogP contribution in [0.15, 0.2) is 24.3 Å². The van der Waals surface area contributed by atoms with Crippen molar-refractivity contribution in [2.24, 2.45) is 17.6 Å². The number of carbonyl (C=O) groups excluding carboxylic acids is 1. The normalized spacial score (nSPS) is 25.4. The highest BCUT2D eigenvalue weighted by Gasteiger charge is 2.42. The third kappa shape index (κ3) is 4.15. The van der Waals surface area contributed by atoms with Crippen LogP contribution in [0.25, 0.3) is 0 Å². The van der Waals surface area contributed by atoms with Crippen LogP contribution in [-0.2, 0) is 0 Å². The van der Waals surface area contributed by atoms with Gasteiger partial charge in [0.05, 0.1) is 0 Å². The van der Waals surface area contributed by atoms with Crippen molar-refractivity contribution in [1.82, 2.24) is 9.80 Å². The van der Waals surface area contributed by atoms with Gasteiger partial charge in [-0.1, -0.05) is 13.8 Å². The zero-order valence-electron chi connectivity index (χ0n) is 15.5. The summed E-state index contributed by atoms with van der Waals surface area (Å²) in [6.07, 6.45) is 2.27. The maximum Gasteiger partial charge on any atom is 0.253 e. The molecule has 1 amide bonds. The zero-order valence-corrected chi connectivity index (χ0v) is 15.5. The van der Waals surface area contributed by atoms with Gasteiger partial charge in [0, 0.05) is 31.2 Å². The Morgan fingerprint density at radius 3 is 2.56 bits per heavy atom. The van der Waals surface area contributed by atoms with Crippen LogP contribution in [0.2, 0.25) is 0 Å². The quantitative estimate of drug-likeness (QED) is 0.823. The Hall–Kier alpha value is -1.59. The van der Waals surface area contributed by atoms with Crippen molar-refractivity contribution in [3.8, 4) is 5.75 Å². The first-order valence-corrected chi connectivity index (χ1v) is 9.62. The highest BCUT2D eigenvalue weighted by Crippen LogP contribution is 2.37. The lowest BCUT2D eigenvalue weighted by Gasteiger charge is -2.19. The van der Waals surface area contributed by atoms with Crippen LogP contribution in [0.5, 0.6) is 5.75 Å². The molecule has 3 rings (SSSR count). The number of ether oxygens (including phenoxy) is 1. The minimum Gasteiger partial charge on any atom is -0.492 e. The molecular weight excluding hydrogens is 314 g/mol. The van der Waals surface area contributed by atoms with Gasteiger partial charge in [-0.2, -0.15) is 0 Å². The lowest BCUT2D eigenvalue weighted by Crippen LogP contribution is -2.33. The standard InChI is InChI=1S/C20H31N3O2/c1-3-22(4-2)11-12-25-17-8-5-15(6-9-17)20(24)23-13-16-7-10-19(21)18(16)14-23/h5-6,8-9,16,18-19H,3-4,7,10-14,21H2,1-2H3. The van der Waals surface area contributed by atoms with Crippen molar-refractivity contribution < 1.29 is 9.53 Å². The van der Waals surface area contributed by atoms with Crippen LogP contribution in [0.4, 0.5) is 0 Å². The number of nitrogens with two attached hydrogens (primary N) is 1. The van der Waals surface area contributed by atoms with Crippen LogP contribution >= 0.6 is 0 Å². The molecule has 3 atom stereocenters. The Morgan fingerprint density at radius 1 is 1.20 bits per heavy atom. The first-order chi connectivity index (χ1) is 12.1. The second-order valence-corrected chi connectivity index (χ2v) is 7.27. The molecule has 2 fully saturated rings. The second kappa shape index (κ2) is 8.19. The van der Waals surface area contributed by atoms with E-state index in [2.05, 4.69) is 18.7 Å². The highest BCUT2D eigenvalue weighted by atomic mass is 16.5. The molecule has 1 aliphatic carbocycles. The van der Waals surface area contributed by atoms with Gasteiger partial charge in [0.25, 0.3) is 5.91 Å². The van der Waals surface area contributed by atoms with Gasteiger partial charge in [-0.3, -0.25) is 4.79 Å². The van der Waals surface area contributed by atoms with Crippen molar-refractivity contribution >= 4 is 5.91 Å². The van der Waals surface area contributed by atoms with Gasteiger partial charge in [-0.05, 0) is 62.0 Å². The average molecular weight is 345 g/mol. The lowest BCUT2D eigenvalue weighted by atomic mass is 9.98. The lowest BCUT2D eigenvalue weighted by molar-refractivity contribution is 0.0779. The van der Waals surface area contributed by atoms with E-state index in [4.69, 9.17) is 10.5 Å². The third-order valence-corrected chi connectivity index (χ3v) is 5.87. The van der Waals surface area contributed by atoms with E-state index in [-0.39, 0.29) is 11.9 Å². The molecule has 3 unspecified atom stereocenters. The van der Waals surface area contributed by atoms with Crippen molar-refractivity contribution in [1.29, 1.82) is 0 Å². The van der Waals surface area contributed by atoms with E-state index in [0.717, 1.165) is 56.9 Å². The van der Waals surface area contributed by atoms with Crippen molar-refractivity contribution in [3.63, 3.8) is 0 Å². The summed E-state index contributed by atoms with van der Waals surface area (Å²) in [7, 11) is 0. The summed E-state index contributed by atoms with van der Waals surface area (Å²) in [6.45, 7) is 9.65. The highest BCUT2D eigenvalue weighted by molar-refractivity contribution is 5.94. The molecule has 0 spiro atoms. The first-order valence-electron chi connectivity index (χ1n) is 9.62. The molecule has 1 heterocycles. The summed E-state index contributed by atoms with van der Waals surface area (Å²) in [5, 5.41) is 0. The monoisotopic (exact) mass is 345 g/mol. The maximum absolute atomic E-state index is 12.7. The molecule has 0 radical (unpaired) electrons. The van der Waals surface area contributed by atoms with E-state index in [1.807, 2.05) is 29.2 Å². The molecule has 1 saturated heterocycles. The number of hydrogen-bond donors (Lipinski definition) is 1. The van der Waals surface area contributed by atoms with Crippen LogP contribution in [0.3, 0.4) is 0 Å². The van der Waals surface area contributed by atoms with Crippen LogP contribution in [0.1, 0.15) is 37.0 Å². The molecule has 25 heavy (non-hydrogen) atoms. The molecule has 1 aromatic carbocycles. The molecule has 5 nitrogen and oxygen atoms in total. The fourth-order valence-corrected chi connectivity index (χ4v) is 4.18. The van der Waals surface area contributed by atoms with Gasteiger partial charge < -0.3 is 20.3 Å². The van der Waals surface area contributed by atoms with Gasteiger partial charge in [0.1, 0.15) is 12.4 Å². The van der Waals surface area contributed by atoms with Crippen molar-refractivity contribution in [2.75, 3.05) is 39.3 Å². The van der Waals surface area contributed by atoms with Gasteiger partial charge in [0.2, 0.25) is 0 Å². The fourth-order valence-electron chi connectivity index (χ4n) is 4.18. The van der Waals surface area contributed by atoms with Gasteiger partial charge in [-0.25, -0.2) is 0 Å². The van der Waals surface area contributed by atoms with Crippen LogP contribution in [-0.4, -0.2) is 61.1 Å². The number of hydrogen-bond acceptors (Lipinski definition) is 4. The second-order valence-electron chi connectivity index (χ2n) is 7.27. The minimum atomic E-state index is 0.122. The Bertz CT molecular complexity index is 571. The molecule has 2 N–H and O–H groups in total. The maximum atomic E-state index is 12.7. The number of fused-ring (bicyclic) bond motifs is 1. The molecule has 2 aliphatic rings. The minimum absolute atomic E-state index is 0.122. The predicted molar refractivity (Wildman–Crippen MR) is 99.8 cm³/mol. The van der Waals surface area contributed by atoms with E-state index in [0.29, 0.717) is 18.4 Å². The van der Waals surface area contributed by atoms with E-state index >= 15 is 0 Å².